The van der Waals surface area contributed by atoms with Crippen molar-refractivity contribution in [1.82, 2.24) is 0 Å². The summed E-state index contributed by atoms with van der Waals surface area (Å²) in [4.78, 5) is 33.4. The number of rotatable bonds is 6. The molecule has 1 N–H and O–H groups in total. The molecule has 0 unspecified atom stereocenters. The Labute approximate surface area is 127 Å². The number of carbonyl (C=O) groups is 2. The van der Waals surface area contributed by atoms with Crippen LogP contribution in [0, 0.1) is 16.0 Å². The van der Waals surface area contributed by atoms with Crippen LogP contribution in [-0.4, -0.2) is 23.4 Å². The number of anilines is 1. The lowest BCUT2D eigenvalue weighted by Crippen LogP contribution is -2.21. The standard InChI is InChI=1S/C15H18N2O5/c18-14(10-22-15(19)8-11-4-1-2-5-11)16-12-6-3-7-13(9-12)17(20)21/h3,6-7,9,11H,1-2,4-5,8,10H2,(H,16,18). The summed E-state index contributed by atoms with van der Waals surface area (Å²) in [7, 11) is 0. The first-order valence-corrected chi connectivity index (χ1v) is 7.24. The van der Waals surface area contributed by atoms with Gasteiger partial charge in [0.1, 0.15) is 0 Å². The van der Waals surface area contributed by atoms with Crippen molar-refractivity contribution in [3.63, 3.8) is 0 Å². The first-order valence-electron chi connectivity index (χ1n) is 7.24. The van der Waals surface area contributed by atoms with E-state index in [1.807, 2.05) is 0 Å². The molecule has 1 fully saturated rings. The quantitative estimate of drug-likeness (QED) is 0.495. The lowest BCUT2D eigenvalue weighted by atomic mass is 10.1. The molecule has 7 heteroatoms. The number of nitro benzene ring substituents is 1. The predicted molar refractivity (Wildman–Crippen MR) is 79.3 cm³/mol. The number of nitrogens with one attached hydrogen (secondary N) is 1. The largest absolute Gasteiger partial charge is 0.456 e. The summed E-state index contributed by atoms with van der Waals surface area (Å²) in [5.74, 6) is -0.520. The van der Waals surface area contributed by atoms with E-state index >= 15 is 0 Å². The number of ether oxygens (including phenoxy) is 1. The zero-order chi connectivity index (χ0) is 15.9. The van der Waals surface area contributed by atoms with Gasteiger partial charge < -0.3 is 10.1 Å². The summed E-state index contributed by atoms with van der Waals surface area (Å²) < 4.78 is 4.93. The maximum Gasteiger partial charge on any atom is 0.306 e. The Balaban J connectivity index is 1.76. The highest BCUT2D eigenvalue weighted by atomic mass is 16.6. The average Bonchev–Trinajstić information content (AvgIpc) is 2.98. The molecule has 2 rings (SSSR count). The fraction of sp³-hybridized carbons (Fsp3) is 0.467. The predicted octanol–water partition coefficient (Wildman–Crippen LogP) is 2.66. The van der Waals surface area contributed by atoms with Crippen molar-refractivity contribution >= 4 is 23.3 Å². The van der Waals surface area contributed by atoms with Gasteiger partial charge in [-0.3, -0.25) is 19.7 Å². The third-order valence-corrected chi connectivity index (χ3v) is 3.64. The molecule has 0 aliphatic heterocycles. The van der Waals surface area contributed by atoms with E-state index in [-0.39, 0.29) is 18.3 Å². The van der Waals surface area contributed by atoms with Crippen molar-refractivity contribution in [2.45, 2.75) is 32.1 Å². The number of hydrogen-bond acceptors (Lipinski definition) is 5. The van der Waals surface area contributed by atoms with E-state index in [4.69, 9.17) is 4.74 Å². The molecule has 0 atom stereocenters. The average molecular weight is 306 g/mol. The minimum Gasteiger partial charge on any atom is -0.456 e. The van der Waals surface area contributed by atoms with Crippen LogP contribution < -0.4 is 5.32 Å². The van der Waals surface area contributed by atoms with Crippen LogP contribution in [0.5, 0.6) is 0 Å². The van der Waals surface area contributed by atoms with Gasteiger partial charge in [0.25, 0.3) is 11.6 Å². The molecular weight excluding hydrogens is 288 g/mol. The Bertz CT molecular complexity index is 567. The number of carbonyl (C=O) groups excluding carboxylic acids is 2. The van der Waals surface area contributed by atoms with Gasteiger partial charge >= 0.3 is 5.97 Å². The maximum atomic E-state index is 11.7. The van der Waals surface area contributed by atoms with Crippen LogP contribution >= 0.6 is 0 Å². The monoisotopic (exact) mass is 306 g/mol. The lowest BCUT2D eigenvalue weighted by molar-refractivity contribution is -0.384. The Hall–Kier alpha value is -2.44. The van der Waals surface area contributed by atoms with E-state index in [1.54, 1.807) is 0 Å². The van der Waals surface area contributed by atoms with E-state index in [0.717, 1.165) is 25.7 Å². The first kappa shape index (κ1) is 15.9. The van der Waals surface area contributed by atoms with E-state index in [0.29, 0.717) is 18.0 Å². The molecule has 1 amide bonds. The van der Waals surface area contributed by atoms with Crippen LogP contribution in [0.2, 0.25) is 0 Å². The van der Waals surface area contributed by atoms with Gasteiger partial charge in [0.2, 0.25) is 0 Å². The molecule has 0 radical (unpaired) electrons. The van der Waals surface area contributed by atoms with Gasteiger partial charge in [-0.05, 0) is 24.8 Å². The molecule has 1 aliphatic carbocycles. The topological polar surface area (TPSA) is 98.5 Å². The molecule has 0 saturated heterocycles. The number of hydrogen-bond donors (Lipinski definition) is 1. The van der Waals surface area contributed by atoms with Crippen LogP contribution in [0.1, 0.15) is 32.1 Å². The van der Waals surface area contributed by atoms with E-state index in [2.05, 4.69) is 5.32 Å². The van der Waals surface area contributed by atoms with Gasteiger partial charge in [0.15, 0.2) is 6.61 Å². The Morgan fingerprint density at radius 2 is 2.05 bits per heavy atom. The molecule has 1 aromatic rings. The fourth-order valence-electron chi connectivity index (χ4n) is 2.55. The molecule has 1 saturated carbocycles. The van der Waals surface area contributed by atoms with Crippen LogP contribution in [0.4, 0.5) is 11.4 Å². The minimum absolute atomic E-state index is 0.115. The van der Waals surface area contributed by atoms with Crippen molar-refractivity contribution in [3.05, 3.63) is 34.4 Å². The highest BCUT2D eigenvalue weighted by Crippen LogP contribution is 2.27. The number of esters is 1. The summed E-state index contributed by atoms with van der Waals surface area (Å²) in [5.41, 5.74) is 0.182. The molecular formula is C15H18N2O5. The highest BCUT2D eigenvalue weighted by Gasteiger charge is 2.19. The molecule has 22 heavy (non-hydrogen) atoms. The highest BCUT2D eigenvalue weighted by molar-refractivity contribution is 5.93. The van der Waals surface area contributed by atoms with Gasteiger partial charge in [-0.2, -0.15) is 0 Å². The van der Waals surface area contributed by atoms with Gasteiger partial charge in [-0.15, -0.1) is 0 Å². The second-order valence-corrected chi connectivity index (χ2v) is 5.37. The third kappa shape index (κ3) is 4.83. The molecule has 0 bridgehead atoms. The van der Waals surface area contributed by atoms with Gasteiger partial charge in [0, 0.05) is 24.2 Å². The SMILES string of the molecule is O=C(COC(=O)CC1CCCC1)Nc1cccc([N+](=O)[O-])c1. The number of amides is 1. The molecule has 0 spiro atoms. The van der Waals surface area contributed by atoms with Crippen molar-refractivity contribution < 1.29 is 19.2 Å². The number of benzene rings is 1. The second-order valence-electron chi connectivity index (χ2n) is 5.37. The van der Waals surface area contributed by atoms with E-state index in [9.17, 15) is 19.7 Å². The van der Waals surface area contributed by atoms with Crippen LogP contribution in [0.25, 0.3) is 0 Å². The Kier molecular flexibility index (Phi) is 5.46. The summed E-state index contributed by atoms with van der Waals surface area (Å²) in [6.45, 7) is -0.381. The Morgan fingerprint density at radius 1 is 1.32 bits per heavy atom. The summed E-state index contributed by atoms with van der Waals surface area (Å²) in [6, 6.07) is 5.58. The van der Waals surface area contributed by atoms with Crippen molar-refractivity contribution in [2.75, 3.05) is 11.9 Å². The summed E-state index contributed by atoms with van der Waals surface area (Å²) >= 11 is 0. The molecule has 1 aliphatic rings. The van der Waals surface area contributed by atoms with Gasteiger partial charge in [0.05, 0.1) is 4.92 Å². The van der Waals surface area contributed by atoms with Crippen LogP contribution in [0.15, 0.2) is 24.3 Å². The zero-order valence-electron chi connectivity index (χ0n) is 12.1. The number of nitro groups is 1. The van der Waals surface area contributed by atoms with Gasteiger partial charge in [-0.1, -0.05) is 18.9 Å². The smallest absolute Gasteiger partial charge is 0.306 e. The number of nitrogens with zero attached hydrogens (tertiary/aromatic N) is 1. The second kappa shape index (κ2) is 7.53. The van der Waals surface area contributed by atoms with Crippen LogP contribution in [0.3, 0.4) is 0 Å². The van der Waals surface area contributed by atoms with Crippen molar-refractivity contribution in [2.24, 2.45) is 5.92 Å². The molecule has 0 aromatic heterocycles. The Morgan fingerprint density at radius 3 is 2.73 bits per heavy atom. The lowest BCUT2D eigenvalue weighted by Gasteiger charge is -2.09. The zero-order valence-corrected chi connectivity index (χ0v) is 12.1. The summed E-state index contributed by atoms with van der Waals surface area (Å²) in [6.07, 6.45) is 4.71. The normalized spacial score (nSPS) is 14.5. The third-order valence-electron chi connectivity index (χ3n) is 3.64. The van der Waals surface area contributed by atoms with Crippen molar-refractivity contribution in [3.8, 4) is 0 Å². The minimum atomic E-state index is -0.544. The number of non-ortho nitro benzene ring substituents is 1. The molecule has 1 aromatic carbocycles. The van der Waals surface area contributed by atoms with E-state index < -0.39 is 10.8 Å². The molecule has 0 heterocycles. The summed E-state index contributed by atoms with van der Waals surface area (Å²) in [5, 5.41) is 13.1. The van der Waals surface area contributed by atoms with Crippen molar-refractivity contribution in [1.29, 1.82) is 0 Å². The molecule has 118 valence electrons. The maximum absolute atomic E-state index is 11.7. The molecule has 7 nitrogen and oxygen atoms in total. The van der Waals surface area contributed by atoms with E-state index in [1.165, 1.54) is 24.3 Å². The van der Waals surface area contributed by atoms with Gasteiger partial charge in [-0.25, -0.2) is 0 Å². The van der Waals surface area contributed by atoms with Crippen LogP contribution in [-0.2, 0) is 14.3 Å². The first-order chi connectivity index (χ1) is 10.5. The fourth-order valence-corrected chi connectivity index (χ4v) is 2.55.